The molecule has 1 fully saturated rings. The Kier molecular flexibility index (Phi) is 10.9. The molecule has 222 valence electrons. The molecule has 0 aromatic heterocycles. The zero-order valence-electron chi connectivity index (χ0n) is 23.7. The van der Waals surface area contributed by atoms with Crippen molar-refractivity contribution >= 4 is 52.3 Å². The number of carbonyl (C=O) groups is 3. The molecular formula is C30H39Cl2N5O4. The Bertz CT molecular complexity index is 1250. The van der Waals surface area contributed by atoms with Gasteiger partial charge in [-0.2, -0.15) is 0 Å². The van der Waals surface area contributed by atoms with E-state index in [0.717, 1.165) is 56.8 Å². The van der Waals surface area contributed by atoms with Gasteiger partial charge in [-0.1, -0.05) is 49.2 Å². The van der Waals surface area contributed by atoms with Crippen LogP contribution in [0.25, 0.3) is 0 Å². The zero-order chi connectivity index (χ0) is 29.5. The molecule has 2 aliphatic rings. The molecule has 2 aromatic carbocycles. The van der Waals surface area contributed by atoms with Crippen molar-refractivity contribution in [3.8, 4) is 5.75 Å². The van der Waals surface area contributed by atoms with E-state index in [1.807, 2.05) is 38.1 Å². The first kappa shape index (κ1) is 31.1. The summed E-state index contributed by atoms with van der Waals surface area (Å²) in [7, 11) is 0. The van der Waals surface area contributed by atoms with Crippen molar-refractivity contribution in [1.82, 2.24) is 10.2 Å². The molecule has 1 unspecified atom stereocenters. The Morgan fingerprint density at radius 1 is 1.02 bits per heavy atom. The van der Waals surface area contributed by atoms with Crippen molar-refractivity contribution in [3.05, 3.63) is 52.0 Å². The summed E-state index contributed by atoms with van der Waals surface area (Å²) in [6, 6.07) is 10.4. The third-order valence-electron chi connectivity index (χ3n) is 7.59. The molecule has 11 heteroatoms. The number of rotatable bonds is 11. The molecule has 0 radical (unpaired) electrons. The highest BCUT2D eigenvalue weighted by molar-refractivity contribution is 6.43. The summed E-state index contributed by atoms with van der Waals surface area (Å²) < 4.78 is 6.02. The van der Waals surface area contributed by atoms with Crippen LogP contribution in [0.5, 0.6) is 5.75 Å². The third-order valence-corrected chi connectivity index (χ3v) is 8.40. The van der Waals surface area contributed by atoms with Crippen LogP contribution in [-0.2, 0) is 20.8 Å². The van der Waals surface area contributed by atoms with Crippen LogP contribution in [0.4, 0.5) is 11.4 Å². The lowest BCUT2D eigenvalue weighted by Crippen LogP contribution is -2.55. The minimum Gasteiger partial charge on any atom is -0.494 e. The molecule has 1 saturated heterocycles. The van der Waals surface area contributed by atoms with Crippen LogP contribution < -0.4 is 25.6 Å². The molecule has 3 amide bonds. The van der Waals surface area contributed by atoms with Gasteiger partial charge >= 0.3 is 0 Å². The number of halogens is 2. The monoisotopic (exact) mass is 603 g/mol. The molecular weight excluding hydrogens is 565 g/mol. The molecule has 2 aromatic rings. The molecule has 4 rings (SSSR count). The maximum atomic E-state index is 13.4. The molecule has 0 spiro atoms. The van der Waals surface area contributed by atoms with Gasteiger partial charge in [0.1, 0.15) is 11.8 Å². The minimum absolute atomic E-state index is 0.215. The molecule has 3 N–H and O–H groups in total. The fourth-order valence-electron chi connectivity index (χ4n) is 5.24. The van der Waals surface area contributed by atoms with E-state index in [4.69, 9.17) is 33.7 Å². The summed E-state index contributed by atoms with van der Waals surface area (Å²) in [4.78, 5) is 44.2. The smallest absolute Gasteiger partial charge is 0.256 e. The average Bonchev–Trinajstić information content (AvgIpc) is 2.96. The molecule has 2 heterocycles. The number of imide groups is 1. The zero-order valence-corrected chi connectivity index (χ0v) is 25.2. The number of nitrogens with two attached hydrogens (primary N) is 1. The van der Waals surface area contributed by atoms with Crippen LogP contribution in [0.15, 0.2) is 36.4 Å². The number of piperazine rings is 1. The predicted molar refractivity (Wildman–Crippen MR) is 163 cm³/mol. The van der Waals surface area contributed by atoms with E-state index in [1.165, 1.54) is 4.90 Å². The normalized spacial score (nSPS) is 16.5. The average molecular weight is 605 g/mol. The topological polar surface area (TPSA) is 108 Å². The number of hydrogen-bond donors (Lipinski definition) is 2. The first-order valence-corrected chi connectivity index (χ1v) is 15.0. The Hall–Kier alpha value is -2.85. The number of ether oxygens (including phenoxy) is 1. The van der Waals surface area contributed by atoms with E-state index in [9.17, 15) is 14.4 Å². The van der Waals surface area contributed by atoms with Crippen molar-refractivity contribution in [2.24, 2.45) is 11.7 Å². The fraction of sp³-hybridized carbons (Fsp3) is 0.500. The summed E-state index contributed by atoms with van der Waals surface area (Å²) in [6.45, 7) is 8.62. The van der Waals surface area contributed by atoms with Gasteiger partial charge in [0.05, 0.1) is 34.6 Å². The Balaban J connectivity index is 1.28. The van der Waals surface area contributed by atoms with Crippen molar-refractivity contribution in [3.63, 3.8) is 0 Å². The highest BCUT2D eigenvalue weighted by atomic mass is 35.5. The van der Waals surface area contributed by atoms with Crippen LogP contribution in [0.3, 0.4) is 0 Å². The predicted octanol–water partition coefficient (Wildman–Crippen LogP) is 3.88. The summed E-state index contributed by atoms with van der Waals surface area (Å²) in [5.74, 6) is -0.789. The number of unbranched alkanes of at least 4 members (excludes halogenated alkanes) is 1. The second-order valence-electron chi connectivity index (χ2n) is 10.8. The minimum atomic E-state index is -0.852. The molecule has 1 atom stereocenters. The molecule has 2 aliphatic heterocycles. The summed E-state index contributed by atoms with van der Waals surface area (Å²) in [6.07, 6.45) is 2.65. The molecule has 41 heavy (non-hydrogen) atoms. The number of anilines is 2. The van der Waals surface area contributed by atoms with Gasteiger partial charge in [-0.05, 0) is 55.5 Å². The number of amides is 3. The highest BCUT2D eigenvalue weighted by Crippen LogP contribution is 2.34. The fourth-order valence-corrected chi connectivity index (χ4v) is 5.66. The number of hydrogen-bond acceptors (Lipinski definition) is 7. The molecule has 9 nitrogen and oxygen atoms in total. The number of fused-ring (bicyclic) bond motifs is 1. The second-order valence-corrected chi connectivity index (χ2v) is 11.6. The summed E-state index contributed by atoms with van der Waals surface area (Å²) in [5.41, 5.74) is 7.84. The Morgan fingerprint density at radius 2 is 1.78 bits per heavy atom. The van der Waals surface area contributed by atoms with Crippen molar-refractivity contribution in [1.29, 1.82) is 0 Å². The first-order valence-electron chi connectivity index (χ1n) is 14.2. The van der Waals surface area contributed by atoms with Crippen LogP contribution in [0.2, 0.25) is 10.0 Å². The standard InChI is InChI=1S/C30H39Cl2N5O4/c1-20(2)29(34-26(38)19-33)30(40)37-25-18-22(10-8-21(25)9-11-27(37)39)41-17-4-3-12-35-13-15-36(16-14-35)24-7-5-6-23(31)28(24)32/h5-8,10,18,20,29H,3-4,9,11-17,19,33H2,1-2H3,(H,34,38). The second kappa shape index (κ2) is 14.4. The van der Waals surface area contributed by atoms with E-state index < -0.39 is 17.9 Å². The van der Waals surface area contributed by atoms with Gasteiger partial charge in [-0.15, -0.1) is 0 Å². The van der Waals surface area contributed by atoms with E-state index in [1.54, 1.807) is 12.1 Å². The summed E-state index contributed by atoms with van der Waals surface area (Å²) in [5, 5.41) is 3.85. The largest absolute Gasteiger partial charge is 0.494 e. The first-order chi connectivity index (χ1) is 19.7. The lowest BCUT2D eigenvalue weighted by molar-refractivity contribution is -0.131. The maximum absolute atomic E-state index is 13.4. The maximum Gasteiger partial charge on any atom is 0.256 e. The lowest BCUT2D eigenvalue weighted by atomic mass is 9.97. The number of carbonyl (C=O) groups excluding carboxylic acids is 3. The number of nitrogens with zero attached hydrogens (tertiary/aromatic N) is 3. The number of benzene rings is 2. The highest BCUT2D eigenvalue weighted by Gasteiger charge is 2.36. The van der Waals surface area contributed by atoms with Gasteiger partial charge < -0.3 is 20.7 Å². The molecule has 0 bridgehead atoms. The van der Waals surface area contributed by atoms with Crippen LogP contribution >= 0.6 is 23.2 Å². The quantitative estimate of drug-likeness (QED) is 0.375. The number of aryl methyl sites for hydroxylation is 1. The van der Waals surface area contributed by atoms with Crippen LogP contribution in [0, 0.1) is 5.92 Å². The summed E-state index contributed by atoms with van der Waals surface area (Å²) >= 11 is 12.6. The molecule has 0 aliphatic carbocycles. The SMILES string of the molecule is CC(C)C(NC(=O)CN)C(=O)N1C(=O)CCc2ccc(OCCCCN3CCN(c4cccc(Cl)c4Cl)CC3)cc21. The van der Waals surface area contributed by atoms with Crippen molar-refractivity contribution in [2.75, 3.05) is 55.7 Å². The van der Waals surface area contributed by atoms with Gasteiger partial charge in [0.25, 0.3) is 5.91 Å². The van der Waals surface area contributed by atoms with E-state index in [-0.39, 0.29) is 24.8 Å². The van der Waals surface area contributed by atoms with E-state index in [2.05, 4.69) is 15.1 Å². The van der Waals surface area contributed by atoms with Gasteiger partial charge in [0.2, 0.25) is 11.8 Å². The lowest BCUT2D eigenvalue weighted by Gasteiger charge is -2.36. The third kappa shape index (κ3) is 7.71. The van der Waals surface area contributed by atoms with Gasteiger partial charge in [-0.3, -0.25) is 19.3 Å². The van der Waals surface area contributed by atoms with Gasteiger partial charge in [-0.25, -0.2) is 4.90 Å². The Morgan fingerprint density at radius 3 is 2.49 bits per heavy atom. The van der Waals surface area contributed by atoms with Gasteiger partial charge in [0, 0.05) is 38.7 Å². The van der Waals surface area contributed by atoms with E-state index in [0.29, 0.717) is 34.5 Å². The molecule has 0 saturated carbocycles. The van der Waals surface area contributed by atoms with E-state index >= 15 is 0 Å². The van der Waals surface area contributed by atoms with Gasteiger partial charge in [0.15, 0.2) is 0 Å². The number of nitrogens with one attached hydrogen (secondary N) is 1. The van der Waals surface area contributed by atoms with Crippen molar-refractivity contribution < 1.29 is 19.1 Å². The van der Waals surface area contributed by atoms with Crippen LogP contribution in [0.1, 0.15) is 38.7 Å². The van der Waals surface area contributed by atoms with Crippen LogP contribution in [-0.4, -0.2) is 74.5 Å². The Labute approximate surface area is 251 Å². The van der Waals surface area contributed by atoms with Crippen molar-refractivity contribution in [2.45, 2.75) is 45.6 Å².